The Kier molecular flexibility index (Phi) is 5.88. The maximum atomic E-state index is 12.1. The molecule has 2 fully saturated rings. The lowest BCUT2D eigenvalue weighted by Gasteiger charge is -2.34. The Morgan fingerprint density at radius 2 is 1.84 bits per heavy atom. The molecule has 7 heteroatoms. The Morgan fingerprint density at radius 1 is 1.16 bits per heavy atom. The second-order valence-electron chi connectivity index (χ2n) is 6.33. The van der Waals surface area contributed by atoms with Crippen molar-refractivity contribution in [2.75, 3.05) is 57.3 Å². The van der Waals surface area contributed by atoms with Crippen molar-refractivity contribution < 1.29 is 19.1 Å². The fourth-order valence-electron chi connectivity index (χ4n) is 3.24. The molecule has 1 atom stereocenters. The molecule has 2 heterocycles. The largest absolute Gasteiger partial charge is 0.465 e. The van der Waals surface area contributed by atoms with E-state index in [1.165, 1.54) is 0 Å². The summed E-state index contributed by atoms with van der Waals surface area (Å²) < 4.78 is 10.5. The van der Waals surface area contributed by atoms with Crippen molar-refractivity contribution in [3.8, 4) is 0 Å². The number of carbonyl (C=O) groups excluding carboxylic acids is 2. The molecular formula is C18H25N3O4. The average Bonchev–Trinajstić information content (AvgIpc) is 2.98. The van der Waals surface area contributed by atoms with Gasteiger partial charge in [-0.1, -0.05) is 18.2 Å². The molecule has 1 amide bonds. The zero-order chi connectivity index (χ0) is 17.6. The summed E-state index contributed by atoms with van der Waals surface area (Å²) in [5, 5.41) is 0. The number of benzene rings is 1. The molecule has 25 heavy (non-hydrogen) atoms. The van der Waals surface area contributed by atoms with Crippen LogP contribution in [0.5, 0.6) is 0 Å². The lowest BCUT2D eigenvalue weighted by Crippen LogP contribution is -2.50. The first kappa shape index (κ1) is 17.7. The molecule has 2 aliphatic rings. The van der Waals surface area contributed by atoms with Gasteiger partial charge in [-0.25, -0.2) is 4.79 Å². The summed E-state index contributed by atoms with van der Waals surface area (Å²) in [6.45, 7) is 7.25. The molecule has 0 bridgehead atoms. The topological polar surface area (TPSA) is 62.3 Å². The van der Waals surface area contributed by atoms with Crippen LogP contribution in [-0.4, -0.2) is 80.4 Å². The van der Waals surface area contributed by atoms with Gasteiger partial charge in [0.25, 0.3) is 0 Å². The highest BCUT2D eigenvalue weighted by Gasteiger charge is 2.34. The van der Waals surface area contributed by atoms with Crippen molar-refractivity contribution in [3.63, 3.8) is 0 Å². The quantitative estimate of drug-likeness (QED) is 0.721. The molecule has 1 aromatic carbocycles. The zero-order valence-corrected chi connectivity index (χ0v) is 14.6. The van der Waals surface area contributed by atoms with E-state index in [-0.39, 0.29) is 18.2 Å². The number of hydrogen-bond acceptors (Lipinski definition) is 6. The molecule has 2 saturated heterocycles. The highest BCUT2D eigenvalue weighted by atomic mass is 16.6. The van der Waals surface area contributed by atoms with E-state index in [2.05, 4.69) is 9.80 Å². The van der Waals surface area contributed by atoms with Crippen LogP contribution in [0.15, 0.2) is 30.3 Å². The molecule has 1 unspecified atom stereocenters. The molecular weight excluding hydrogens is 322 g/mol. The monoisotopic (exact) mass is 347 g/mol. The van der Waals surface area contributed by atoms with Crippen LogP contribution in [0.2, 0.25) is 0 Å². The van der Waals surface area contributed by atoms with Crippen LogP contribution in [0.3, 0.4) is 0 Å². The number of hydrogen-bond donors (Lipinski definition) is 0. The number of nitrogens with zero attached hydrogens (tertiary/aromatic N) is 3. The Balaban J connectivity index is 1.44. The average molecular weight is 347 g/mol. The van der Waals surface area contributed by atoms with E-state index in [0.29, 0.717) is 19.7 Å². The van der Waals surface area contributed by atoms with Gasteiger partial charge in [0.05, 0.1) is 19.7 Å². The number of anilines is 1. The van der Waals surface area contributed by atoms with Gasteiger partial charge in [-0.2, -0.15) is 0 Å². The first-order valence-corrected chi connectivity index (χ1v) is 8.79. The van der Waals surface area contributed by atoms with Gasteiger partial charge >= 0.3 is 12.1 Å². The van der Waals surface area contributed by atoms with Crippen molar-refractivity contribution in [1.29, 1.82) is 0 Å². The molecule has 0 aromatic heterocycles. The predicted octanol–water partition coefficient (Wildman–Crippen LogP) is 1.19. The summed E-state index contributed by atoms with van der Waals surface area (Å²) in [7, 11) is 0. The van der Waals surface area contributed by atoms with Gasteiger partial charge in [-0.15, -0.1) is 0 Å². The van der Waals surface area contributed by atoms with Crippen molar-refractivity contribution in [1.82, 2.24) is 9.80 Å². The summed E-state index contributed by atoms with van der Waals surface area (Å²) in [6, 6.07) is 9.59. The number of cyclic esters (lactones) is 1. The fourth-order valence-corrected chi connectivity index (χ4v) is 3.24. The number of ether oxygens (including phenoxy) is 2. The number of esters is 1. The Bertz CT molecular complexity index is 587. The van der Waals surface area contributed by atoms with Crippen molar-refractivity contribution >= 4 is 17.7 Å². The smallest absolute Gasteiger partial charge is 0.414 e. The maximum Gasteiger partial charge on any atom is 0.414 e. The van der Waals surface area contributed by atoms with Crippen molar-refractivity contribution in [2.24, 2.45) is 0 Å². The molecule has 0 radical (unpaired) electrons. The van der Waals surface area contributed by atoms with Crippen molar-refractivity contribution in [2.45, 2.75) is 13.0 Å². The number of piperazine rings is 1. The molecule has 7 nitrogen and oxygen atoms in total. The van der Waals surface area contributed by atoms with Gasteiger partial charge in [-0.05, 0) is 19.1 Å². The van der Waals surface area contributed by atoms with Crippen LogP contribution in [0, 0.1) is 0 Å². The van der Waals surface area contributed by atoms with Crippen LogP contribution in [-0.2, 0) is 14.3 Å². The molecule has 2 aliphatic heterocycles. The van der Waals surface area contributed by atoms with E-state index < -0.39 is 0 Å². The highest BCUT2D eigenvalue weighted by Crippen LogP contribution is 2.21. The lowest BCUT2D eigenvalue weighted by atomic mass is 10.2. The van der Waals surface area contributed by atoms with E-state index in [9.17, 15) is 9.59 Å². The normalized spacial score (nSPS) is 22.0. The number of para-hydroxylation sites is 1. The molecule has 0 N–H and O–H groups in total. The molecule has 0 aliphatic carbocycles. The third-order valence-corrected chi connectivity index (χ3v) is 4.53. The lowest BCUT2D eigenvalue weighted by molar-refractivity contribution is -0.144. The second-order valence-corrected chi connectivity index (χ2v) is 6.33. The highest BCUT2D eigenvalue weighted by molar-refractivity contribution is 5.89. The SMILES string of the molecule is CCOC(=O)CN1CCN(CC2CN(c3ccccc3)C(=O)O2)CC1. The van der Waals surface area contributed by atoms with Crippen LogP contribution in [0.1, 0.15) is 6.92 Å². The molecule has 136 valence electrons. The number of rotatable bonds is 6. The van der Waals surface area contributed by atoms with E-state index >= 15 is 0 Å². The first-order chi connectivity index (χ1) is 12.2. The summed E-state index contributed by atoms with van der Waals surface area (Å²) in [6.07, 6.45) is -0.401. The van der Waals surface area contributed by atoms with Gasteiger partial charge < -0.3 is 9.47 Å². The Labute approximate surface area is 148 Å². The maximum absolute atomic E-state index is 12.1. The number of amides is 1. The van der Waals surface area contributed by atoms with Crippen LogP contribution >= 0.6 is 0 Å². The minimum atomic E-state index is -0.280. The van der Waals surface area contributed by atoms with Gasteiger partial charge in [-0.3, -0.25) is 19.5 Å². The van der Waals surface area contributed by atoms with Gasteiger partial charge in [0.1, 0.15) is 6.10 Å². The zero-order valence-electron chi connectivity index (χ0n) is 14.6. The third-order valence-electron chi connectivity index (χ3n) is 4.53. The minimum absolute atomic E-state index is 0.121. The van der Waals surface area contributed by atoms with Crippen LogP contribution in [0.25, 0.3) is 0 Å². The summed E-state index contributed by atoms with van der Waals surface area (Å²) in [5.41, 5.74) is 0.870. The third kappa shape index (κ3) is 4.70. The standard InChI is InChI=1S/C18H25N3O4/c1-2-24-17(22)14-20-10-8-19(9-11-20)12-16-13-21(18(23)25-16)15-6-4-3-5-7-15/h3-7,16H,2,8-14H2,1H3. The van der Waals surface area contributed by atoms with E-state index in [0.717, 1.165) is 38.4 Å². The van der Waals surface area contributed by atoms with E-state index in [1.54, 1.807) is 4.90 Å². The minimum Gasteiger partial charge on any atom is -0.465 e. The summed E-state index contributed by atoms with van der Waals surface area (Å²) in [5.74, 6) is -0.167. The van der Waals surface area contributed by atoms with Crippen LogP contribution < -0.4 is 4.90 Å². The molecule has 1 aromatic rings. The molecule has 0 spiro atoms. The Hall–Kier alpha value is -2.12. The summed E-state index contributed by atoms with van der Waals surface area (Å²) in [4.78, 5) is 29.7. The number of carbonyl (C=O) groups is 2. The van der Waals surface area contributed by atoms with Gasteiger partial charge in [0.15, 0.2) is 0 Å². The van der Waals surface area contributed by atoms with Crippen molar-refractivity contribution in [3.05, 3.63) is 30.3 Å². The summed E-state index contributed by atoms with van der Waals surface area (Å²) >= 11 is 0. The first-order valence-electron chi connectivity index (χ1n) is 8.79. The Morgan fingerprint density at radius 3 is 2.52 bits per heavy atom. The molecule has 3 rings (SSSR count). The van der Waals surface area contributed by atoms with Gasteiger partial charge in [0, 0.05) is 38.4 Å². The van der Waals surface area contributed by atoms with Gasteiger partial charge in [0.2, 0.25) is 0 Å². The fraction of sp³-hybridized carbons (Fsp3) is 0.556. The second kappa shape index (κ2) is 8.31. The van der Waals surface area contributed by atoms with Crippen LogP contribution in [0.4, 0.5) is 10.5 Å². The van der Waals surface area contributed by atoms with E-state index in [1.807, 2.05) is 37.3 Å². The molecule has 0 saturated carbocycles. The predicted molar refractivity (Wildman–Crippen MR) is 93.6 cm³/mol. The van der Waals surface area contributed by atoms with E-state index in [4.69, 9.17) is 9.47 Å².